The first kappa shape index (κ1) is 19.9. The van der Waals surface area contributed by atoms with Crippen molar-refractivity contribution in [1.82, 2.24) is 20.3 Å². The molecule has 2 N–H and O–H groups in total. The number of piperidine rings is 1. The highest BCUT2D eigenvalue weighted by Crippen LogP contribution is 2.29. The first-order valence-corrected chi connectivity index (χ1v) is 10.9. The van der Waals surface area contributed by atoms with Gasteiger partial charge in [0.1, 0.15) is 11.5 Å². The third kappa shape index (κ3) is 4.36. The molecule has 11 heteroatoms. The third-order valence-electron chi connectivity index (χ3n) is 4.39. The number of hydrogen-bond acceptors (Lipinski definition) is 6. The fourth-order valence-electron chi connectivity index (χ4n) is 2.93. The van der Waals surface area contributed by atoms with Gasteiger partial charge < -0.3 is 15.2 Å². The summed E-state index contributed by atoms with van der Waals surface area (Å²) in [5, 5.41) is 3.33. The van der Waals surface area contributed by atoms with Crippen molar-refractivity contribution in [1.29, 1.82) is 0 Å². The highest BCUT2D eigenvalue weighted by Gasteiger charge is 2.25. The molecule has 1 amide bonds. The fraction of sp³-hybridized carbons (Fsp3) is 0.438. The molecule has 0 aromatic carbocycles. The van der Waals surface area contributed by atoms with Crippen LogP contribution >= 0.6 is 23.2 Å². The van der Waals surface area contributed by atoms with E-state index in [1.807, 2.05) is 4.90 Å². The second kappa shape index (κ2) is 7.65. The number of rotatable bonds is 4. The van der Waals surface area contributed by atoms with Crippen molar-refractivity contribution in [3.63, 3.8) is 0 Å². The predicted molar refractivity (Wildman–Crippen MR) is 103 cm³/mol. The number of amides is 1. The molecule has 3 heterocycles. The second-order valence-corrected chi connectivity index (χ2v) is 9.12. The van der Waals surface area contributed by atoms with Crippen LogP contribution in [0.3, 0.4) is 0 Å². The molecule has 8 nitrogen and oxygen atoms in total. The zero-order chi connectivity index (χ0) is 19.8. The Hall–Kier alpha value is -1.84. The molecule has 0 radical (unpaired) electrons. The van der Waals surface area contributed by atoms with Crippen LogP contribution in [-0.4, -0.2) is 54.7 Å². The Morgan fingerprint density at radius 1 is 1.30 bits per heavy atom. The topological polar surface area (TPSA) is 108 Å². The molecule has 0 saturated carbocycles. The number of H-pyrrole nitrogens is 1. The van der Waals surface area contributed by atoms with Crippen LogP contribution in [0, 0.1) is 6.92 Å². The zero-order valence-corrected chi connectivity index (χ0v) is 17.1. The number of aryl methyl sites for hydroxylation is 1. The van der Waals surface area contributed by atoms with Crippen molar-refractivity contribution < 1.29 is 13.2 Å². The lowest BCUT2D eigenvalue weighted by Crippen LogP contribution is -2.45. The lowest BCUT2D eigenvalue weighted by atomic mass is 10.0. The molecule has 0 bridgehead atoms. The first-order valence-electron chi connectivity index (χ1n) is 8.29. The second-order valence-electron chi connectivity index (χ2n) is 6.46. The van der Waals surface area contributed by atoms with Gasteiger partial charge in [-0.15, -0.1) is 0 Å². The summed E-state index contributed by atoms with van der Waals surface area (Å²) < 4.78 is 23.2. The molecule has 2 aromatic heterocycles. The SMILES string of the molecule is Cc1[nH]c(C(=O)NC2CCN(c3ccnc(S(C)(=O)=O)n3)CC2)c(Cl)c1Cl. The normalized spacial score (nSPS) is 15.8. The number of hydrogen-bond donors (Lipinski definition) is 2. The minimum atomic E-state index is -3.46. The molecule has 0 atom stereocenters. The van der Waals surface area contributed by atoms with E-state index in [0.717, 1.165) is 6.26 Å². The van der Waals surface area contributed by atoms with Gasteiger partial charge in [0, 0.05) is 37.3 Å². The standard InChI is InChI=1S/C16H19Cl2N5O3S/c1-9-12(17)13(18)14(20-9)15(24)21-10-4-7-23(8-5-10)11-3-6-19-16(22-11)27(2,25)26/h3,6,10,20H,4-5,7-8H2,1-2H3,(H,21,24). The van der Waals surface area contributed by atoms with Crippen LogP contribution in [-0.2, 0) is 9.84 Å². The average Bonchev–Trinajstić information content (AvgIpc) is 2.89. The Balaban J connectivity index is 1.62. The summed E-state index contributed by atoms with van der Waals surface area (Å²) in [6, 6.07) is 1.65. The number of aromatic amines is 1. The van der Waals surface area contributed by atoms with E-state index in [2.05, 4.69) is 20.3 Å². The molecule has 1 saturated heterocycles. The van der Waals surface area contributed by atoms with E-state index >= 15 is 0 Å². The van der Waals surface area contributed by atoms with Crippen LogP contribution in [0.1, 0.15) is 29.0 Å². The van der Waals surface area contributed by atoms with Crippen LogP contribution in [0.5, 0.6) is 0 Å². The summed E-state index contributed by atoms with van der Waals surface area (Å²) in [5.41, 5.74) is 0.905. The number of sulfone groups is 1. The van der Waals surface area contributed by atoms with Crippen LogP contribution < -0.4 is 10.2 Å². The van der Waals surface area contributed by atoms with Gasteiger partial charge in [-0.05, 0) is 25.8 Å². The van der Waals surface area contributed by atoms with Crippen molar-refractivity contribution in [2.24, 2.45) is 0 Å². The Bertz CT molecular complexity index is 968. The number of carbonyl (C=O) groups is 1. The molecule has 2 aromatic rings. The minimum Gasteiger partial charge on any atom is -0.356 e. The minimum absolute atomic E-state index is 0.0246. The van der Waals surface area contributed by atoms with Gasteiger partial charge >= 0.3 is 0 Å². The van der Waals surface area contributed by atoms with Gasteiger partial charge in [0.05, 0.1) is 10.0 Å². The Kier molecular flexibility index (Phi) is 5.64. The number of anilines is 1. The van der Waals surface area contributed by atoms with Gasteiger partial charge in [-0.1, -0.05) is 23.2 Å². The molecular formula is C16H19Cl2N5O3S. The Morgan fingerprint density at radius 3 is 2.52 bits per heavy atom. The maximum absolute atomic E-state index is 12.4. The van der Waals surface area contributed by atoms with E-state index in [1.54, 1.807) is 13.0 Å². The number of aromatic nitrogens is 3. The van der Waals surface area contributed by atoms with Crippen molar-refractivity contribution in [2.45, 2.75) is 31.0 Å². The highest BCUT2D eigenvalue weighted by atomic mass is 35.5. The van der Waals surface area contributed by atoms with Crippen molar-refractivity contribution >= 4 is 44.8 Å². The van der Waals surface area contributed by atoms with Crippen LogP contribution in [0.25, 0.3) is 0 Å². The number of carbonyl (C=O) groups excluding carboxylic acids is 1. The summed E-state index contributed by atoms with van der Waals surface area (Å²) >= 11 is 12.1. The summed E-state index contributed by atoms with van der Waals surface area (Å²) in [6.45, 7) is 3.00. The van der Waals surface area contributed by atoms with E-state index in [1.165, 1.54) is 6.20 Å². The molecule has 1 aliphatic rings. The fourth-order valence-corrected chi connectivity index (χ4v) is 3.85. The van der Waals surface area contributed by atoms with Crippen LogP contribution in [0.15, 0.2) is 17.4 Å². The summed E-state index contributed by atoms with van der Waals surface area (Å²) in [4.78, 5) is 25.2. The largest absolute Gasteiger partial charge is 0.356 e. The number of halogens is 2. The van der Waals surface area contributed by atoms with Gasteiger partial charge in [0.2, 0.25) is 15.0 Å². The lowest BCUT2D eigenvalue weighted by molar-refractivity contribution is 0.0926. The highest BCUT2D eigenvalue weighted by molar-refractivity contribution is 7.90. The quantitative estimate of drug-likeness (QED) is 0.718. The van der Waals surface area contributed by atoms with Gasteiger partial charge in [-0.25, -0.2) is 18.4 Å². The molecule has 1 aliphatic heterocycles. The monoisotopic (exact) mass is 431 g/mol. The number of nitrogens with one attached hydrogen (secondary N) is 2. The molecule has 27 heavy (non-hydrogen) atoms. The molecule has 1 fully saturated rings. The summed E-state index contributed by atoms with van der Waals surface area (Å²) in [6.07, 6.45) is 3.89. The first-order chi connectivity index (χ1) is 12.7. The molecule has 3 rings (SSSR count). The smallest absolute Gasteiger partial charge is 0.269 e. The van der Waals surface area contributed by atoms with Gasteiger partial charge in [-0.2, -0.15) is 0 Å². The third-order valence-corrected chi connectivity index (χ3v) is 6.19. The summed E-state index contributed by atoms with van der Waals surface area (Å²) in [7, 11) is -3.46. The van der Waals surface area contributed by atoms with Gasteiger partial charge in [0.25, 0.3) is 5.91 Å². The van der Waals surface area contributed by atoms with E-state index < -0.39 is 9.84 Å². The van der Waals surface area contributed by atoms with Crippen molar-refractivity contribution in [3.8, 4) is 0 Å². The predicted octanol–water partition coefficient (Wildman–Crippen LogP) is 2.22. The van der Waals surface area contributed by atoms with Gasteiger partial charge in [0.15, 0.2) is 0 Å². The van der Waals surface area contributed by atoms with Crippen LogP contribution in [0.2, 0.25) is 10.0 Å². The Labute approximate surface area is 167 Å². The molecule has 0 spiro atoms. The van der Waals surface area contributed by atoms with E-state index in [-0.39, 0.29) is 27.8 Å². The average molecular weight is 432 g/mol. The van der Waals surface area contributed by atoms with Crippen molar-refractivity contribution in [2.75, 3.05) is 24.2 Å². The van der Waals surface area contributed by atoms with Crippen LogP contribution in [0.4, 0.5) is 5.82 Å². The molecule has 146 valence electrons. The molecule has 0 aliphatic carbocycles. The maximum atomic E-state index is 12.4. The van der Waals surface area contributed by atoms with E-state index in [4.69, 9.17) is 23.2 Å². The molecule has 0 unspecified atom stereocenters. The van der Waals surface area contributed by atoms with Gasteiger partial charge in [-0.3, -0.25) is 4.79 Å². The van der Waals surface area contributed by atoms with Crippen molar-refractivity contribution in [3.05, 3.63) is 33.7 Å². The lowest BCUT2D eigenvalue weighted by Gasteiger charge is -2.33. The number of nitrogens with zero attached hydrogens (tertiary/aromatic N) is 3. The van der Waals surface area contributed by atoms with E-state index in [0.29, 0.717) is 42.5 Å². The summed E-state index contributed by atoms with van der Waals surface area (Å²) in [5.74, 6) is 0.264. The van der Waals surface area contributed by atoms with E-state index in [9.17, 15) is 13.2 Å². The molecular weight excluding hydrogens is 413 g/mol. The maximum Gasteiger partial charge on any atom is 0.269 e. The zero-order valence-electron chi connectivity index (χ0n) is 14.8. The Morgan fingerprint density at radius 2 is 1.96 bits per heavy atom.